The number of aliphatic imine (C=N–C) groups is 1. The van der Waals surface area contributed by atoms with Gasteiger partial charge in [-0.3, -0.25) is 14.9 Å². The molecule has 150 valence electrons. The van der Waals surface area contributed by atoms with Crippen LogP contribution in [0.5, 0.6) is 0 Å². The highest BCUT2D eigenvalue weighted by molar-refractivity contribution is 9.10. The zero-order valence-corrected chi connectivity index (χ0v) is 17.7. The summed E-state index contributed by atoms with van der Waals surface area (Å²) in [5.41, 5.74) is 3.34. The van der Waals surface area contributed by atoms with Gasteiger partial charge in [-0.15, -0.1) is 0 Å². The van der Waals surface area contributed by atoms with E-state index in [-0.39, 0.29) is 12.5 Å². The first-order valence-corrected chi connectivity index (χ1v) is 10.5. The van der Waals surface area contributed by atoms with Crippen LogP contribution in [0.4, 0.5) is 0 Å². The molecule has 0 saturated heterocycles. The van der Waals surface area contributed by atoms with E-state index in [1.807, 2.05) is 36.4 Å². The first-order chi connectivity index (χ1) is 14.1. The Labute approximate surface area is 178 Å². The Balaban J connectivity index is 1.69. The standard InChI is InChI=1S/C22H22BrN3O3/c1-2-29-21(28)18-19(15-8-5-9-17(23)12-15)24-22(25-20(18)27)26-11-10-14-6-3-4-7-16(14)13-26/h3-9,12,18-19H,2,10-11,13H2,1H3,(H,24,25,27)/t18-,19-/m0/s1. The average Bonchev–Trinajstić information content (AvgIpc) is 2.73. The minimum absolute atomic E-state index is 0.216. The van der Waals surface area contributed by atoms with E-state index >= 15 is 0 Å². The highest BCUT2D eigenvalue weighted by Gasteiger charge is 2.42. The van der Waals surface area contributed by atoms with Gasteiger partial charge in [0, 0.05) is 17.6 Å². The molecule has 29 heavy (non-hydrogen) atoms. The summed E-state index contributed by atoms with van der Waals surface area (Å²) in [5, 5.41) is 2.85. The molecule has 0 fully saturated rings. The summed E-state index contributed by atoms with van der Waals surface area (Å²) in [4.78, 5) is 32.4. The number of amides is 1. The van der Waals surface area contributed by atoms with Gasteiger partial charge >= 0.3 is 5.97 Å². The van der Waals surface area contributed by atoms with Crippen molar-refractivity contribution in [1.82, 2.24) is 10.2 Å². The van der Waals surface area contributed by atoms with Crippen molar-refractivity contribution in [3.05, 3.63) is 69.7 Å². The minimum Gasteiger partial charge on any atom is -0.465 e. The lowest BCUT2D eigenvalue weighted by molar-refractivity contribution is -0.153. The molecule has 4 rings (SSSR count). The van der Waals surface area contributed by atoms with Gasteiger partial charge in [0.2, 0.25) is 11.9 Å². The van der Waals surface area contributed by atoms with Crippen molar-refractivity contribution in [3.8, 4) is 0 Å². The van der Waals surface area contributed by atoms with Gasteiger partial charge < -0.3 is 9.64 Å². The molecule has 0 bridgehead atoms. The van der Waals surface area contributed by atoms with E-state index in [0.29, 0.717) is 12.5 Å². The first-order valence-electron chi connectivity index (χ1n) is 9.69. The van der Waals surface area contributed by atoms with Crippen molar-refractivity contribution < 1.29 is 14.3 Å². The lowest BCUT2D eigenvalue weighted by Crippen LogP contribution is -2.53. The van der Waals surface area contributed by atoms with Gasteiger partial charge in [-0.25, -0.2) is 4.99 Å². The van der Waals surface area contributed by atoms with Crippen LogP contribution in [-0.4, -0.2) is 35.9 Å². The van der Waals surface area contributed by atoms with Gasteiger partial charge in [0.25, 0.3) is 0 Å². The monoisotopic (exact) mass is 455 g/mol. The highest BCUT2D eigenvalue weighted by Crippen LogP contribution is 2.33. The molecule has 2 aromatic carbocycles. The van der Waals surface area contributed by atoms with E-state index in [9.17, 15) is 9.59 Å². The summed E-state index contributed by atoms with van der Waals surface area (Å²) >= 11 is 3.47. The summed E-state index contributed by atoms with van der Waals surface area (Å²) in [6.07, 6.45) is 0.883. The number of esters is 1. The van der Waals surface area contributed by atoms with Crippen LogP contribution in [-0.2, 0) is 27.3 Å². The maximum Gasteiger partial charge on any atom is 0.321 e. The lowest BCUT2D eigenvalue weighted by Gasteiger charge is -2.36. The molecular weight excluding hydrogens is 434 g/mol. The van der Waals surface area contributed by atoms with Crippen LogP contribution in [0.2, 0.25) is 0 Å². The van der Waals surface area contributed by atoms with Crippen molar-refractivity contribution >= 4 is 33.8 Å². The van der Waals surface area contributed by atoms with Crippen LogP contribution in [0.15, 0.2) is 58.0 Å². The fraction of sp³-hybridized carbons (Fsp3) is 0.318. The molecule has 0 spiro atoms. The Kier molecular flexibility index (Phi) is 5.67. The molecular formula is C22H22BrN3O3. The number of ether oxygens (including phenoxy) is 1. The number of halogens is 1. The number of hydrogen-bond donors (Lipinski definition) is 1. The van der Waals surface area contributed by atoms with E-state index in [0.717, 1.165) is 23.0 Å². The Morgan fingerprint density at radius 1 is 1.24 bits per heavy atom. The Bertz CT molecular complexity index is 975. The molecule has 2 aromatic rings. The number of carbonyl (C=O) groups is 2. The molecule has 2 heterocycles. The molecule has 0 radical (unpaired) electrons. The number of benzene rings is 2. The van der Waals surface area contributed by atoms with E-state index in [2.05, 4.69) is 38.3 Å². The SMILES string of the molecule is CCOC(=O)[C@@H]1C(=O)NC(N2CCc3ccccc3C2)=N[C@H]1c1cccc(Br)c1. The molecule has 0 aromatic heterocycles. The Morgan fingerprint density at radius 2 is 2.03 bits per heavy atom. The molecule has 0 saturated carbocycles. The molecule has 1 amide bonds. The summed E-state index contributed by atoms with van der Waals surface area (Å²) in [6, 6.07) is 15.2. The van der Waals surface area contributed by atoms with Crippen molar-refractivity contribution in [2.75, 3.05) is 13.2 Å². The molecule has 7 heteroatoms. The molecule has 2 aliphatic rings. The number of rotatable bonds is 3. The molecule has 0 unspecified atom stereocenters. The fourth-order valence-electron chi connectivity index (χ4n) is 3.83. The third-order valence-corrected chi connectivity index (χ3v) is 5.75. The summed E-state index contributed by atoms with van der Waals surface area (Å²) < 4.78 is 6.03. The summed E-state index contributed by atoms with van der Waals surface area (Å²) in [5.74, 6) is -1.43. The number of guanidine groups is 1. The second kappa shape index (κ2) is 8.37. The third-order valence-electron chi connectivity index (χ3n) is 5.26. The molecule has 2 aliphatic heterocycles. The number of carbonyl (C=O) groups excluding carboxylic acids is 2. The van der Waals surface area contributed by atoms with E-state index < -0.39 is 17.9 Å². The van der Waals surface area contributed by atoms with Gasteiger partial charge in [0.1, 0.15) is 6.04 Å². The molecule has 1 N–H and O–H groups in total. The van der Waals surface area contributed by atoms with Crippen molar-refractivity contribution in [2.45, 2.75) is 25.9 Å². The van der Waals surface area contributed by atoms with Crippen molar-refractivity contribution in [1.29, 1.82) is 0 Å². The van der Waals surface area contributed by atoms with E-state index in [1.165, 1.54) is 11.1 Å². The smallest absolute Gasteiger partial charge is 0.321 e. The van der Waals surface area contributed by atoms with Crippen LogP contribution >= 0.6 is 15.9 Å². The predicted molar refractivity (Wildman–Crippen MR) is 113 cm³/mol. The van der Waals surface area contributed by atoms with Crippen LogP contribution in [0, 0.1) is 5.92 Å². The maximum absolute atomic E-state index is 12.9. The molecule has 6 nitrogen and oxygen atoms in total. The van der Waals surface area contributed by atoms with Crippen LogP contribution in [0.3, 0.4) is 0 Å². The lowest BCUT2D eigenvalue weighted by atomic mass is 9.91. The van der Waals surface area contributed by atoms with E-state index in [4.69, 9.17) is 9.73 Å². The molecule has 0 aliphatic carbocycles. The predicted octanol–water partition coefficient (Wildman–Crippen LogP) is 3.21. The van der Waals surface area contributed by atoms with Gasteiger partial charge in [-0.05, 0) is 42.2 Å². The minimum atomic E-state index is -1.01. The summed E-state index contributed by atoms with van der Waals surface area (Å²) in [6.45, 7) is 3.37. The maximum atomic E-state index is 12.9. The Hall–Kier alpha value is -2.67. The van der Waals surface area contributed by atoms with Crippen LogP contribution < -0.4 is 5.32 Å². The molecule has 2 atom stereocenters. The van der Waals surface area contributed by atoms with Gasteiger partial charge in [0.15, 0.2) is 5.92 Å². The third kappa shape index (κ3) is 4.05. The zero-order chi connectivity index (χ0) is 20.4. The van der Waals surface area contributed by atoms with Gasteiger partial charge in [-0.1, -0.05) is 52.3 Å². The zero-order valence-electron chi connectivity index (χ0n) is 16.1. The summed E-state index contributed by atoms with van der Waals surface area (Å²) in [7, 11) is 0. The van der Waals surface area contributed by atoms with Crippen LogP contribution in [0.25, 0.3) is 0 Å². The topological polar surface area (TPSA) is 71.0 Å². The second-order valence-corrected chi connectivity index (χ2v) is 8.03. The van der Waals surface area contributed by atoms with E-state index in [1.54, 1.807) is 6.92 Å². The van der Waals surface area contributed by atoms with Gasteiger partial charge in [-0.2, -0.15) is 0 Å². The first kappa shape index (κ1) is 19.6. The number of nitrogens with zero attached hydrogens (tertiary/aromatic N) is 2. The number of hydrogen-bond acceptors (Lipinski definition) is 5. The van der Waals surface area contributed by atoms with Crippen molar-refractivity contribution in [3.63, 3.8) is 0 Å². The fourth-order valence-corrected chi connectivity index (χ4v) is 4.25. The normalized spacial score (nSPS) is 21.1. The number of nitrogens with one attached hydrogen (secondary N) is 1. The Morgan fingerprint density at radius 3 is 2.79 bits per heavy atom. The average molecular weight is 456 g/mol. The quantitative estimate of drug-likeness (QED) is 0.569. The highest BCUT2D eigenvalue weighted by atomic mass is 79.9. The van der Waals surface area contributed by atoms with Gasteiger partial charge in [0.05, 0.1) is 6.61 Å². The second-order valence-electron chi connectivity index (χ2n) is 7.11. The van der Waals surface area contributed by atoms with Crippen LogP contribution in [0.1, 0.15) is 29.7 Å². The van der Waals surface area contributed by atoms with Crippen molar-refractivity contribution in [2.24, 2.45) is 10.9 Å². The number of fused-ring (bicyclic) bond motifs is 1. The largest absolute Gasteiger partial charge is 0.465 e.